The van der Waals surface area contributed by atoms with Crippen LogP contribution in [0, 0.1) is 6.92 Å². The summed E-state index contributed by atoms with van der Waals surface area (Å²) >= 11 is 0. The molecule has 1 aliphatic rings. The van der Waals surface area contributed by atoms with Gasteiger partial charge in [0.25, 0.3) is 0 Å². The Labute approximate surface area is 164 Å². The summed E-state index contributed by atoms with van der Waals surface area (Å²) in [5, 5.41) is 12.2. The number of aromatic nitrogens is 4. The number of piperazine rings is 1. The predicted molar refractivity (Wildman–Crippen MR) is 107 cm³/mol. The zero-order valence-electron chi connectivity index (χ0n) is 16.0. The van der Waals surface area contributed by atoms with Crippen molar-refractivity contribution in [2.24, 2.45) is 0 Å². The minimum Gasteiger partial charge on any atom is -0.339 e. The molecule has 1 amide bonds. The van der Waals surface area contributed by atoms with Crippen LogP contribution in [0.3, 0.4) is 0 Å². The van der Waals surface area contributed by atoms with E-state index in [1.54, 1.807) is 4.68 Å². The molecule has 2 aromatic carbocycles. The summed E-state index contributed by atoms with van der Waals surface area (Å²) in [5.41, 5.74) is 3.38. The van der Waals surface area contributed by atoms with Crippen molar-refractivity contribution in [1.29, 1.82) is 0 Å². The summed E-state index contributed by atoms with van der Waals surface area (Å²) in [6.45, 7) is 4.91. The summed E-state index contributed by atoms with van der Waals surface area (Å²) in [7, 11) is 0. The van der Waals surface area contributed by atoms with Gasteiger partial charge in [-0.15, -0.1) is 0 Å². The van der Waals surface area contributed by atoms with Crippen LogP contribution < -0.4 is 4.90 Å². The molecule has 0 radical (unpaired) electrons. The molecule has 1 fully saturated rings. The van der Waals surface area contributed by atoms with Crippen LogP contribution in [0.4, 0.5) is 5.95 Å². The van der Waals surface area contributed by atoms with E-state index in [4.69, 9.17) is 0 Å². The van der Waals surface area contributed by atoms with Gasteiger partial charge in [0, 0.05) is 32.6 Å². The molecule has 7 heteroatoms. The highest BCUT2D eigenvalue weighted by atomic mass is 16.2. The molecule has 1 saturated heterocycles. The number of hydrogen-bond donors (Lipinski definition) is 0. The smallest absolute Gasteiger partial charge is 0.250 e. The zero-order valence-corrected chi connectivity index (χ0v) is 16.0. The second-order valence-corrected chi connectivity index (χ2v) is 7.08. The van der Waals surface area contributed by atoms with E-state index >= 15 is 0 Å². The van der Waals surface area contributed by atoms with Gasteiger partial charge in [-0.3, -0.25) is 4.79 Å². The molecule has 0 atom stereocenters. The van der Waals surface area contributed by atoms with Gasteiger partial charge in [-0.2, -0.15) is 4.68 Å². The number of aryl methyl sites for hydroxylation is 2. The van der Waals surface area contributed by atoms with Gasteiger partial charge in [-0.05, 0) is 41.5 Å². The molecule has 0 N–H and O–H groups in total. The summed E-state index contributed by atoms with van der Waals surface area (Å²) in [4.78, 5) is 16.7. The molecule has 0 aliphatic carbocycles. The molecule has 2 heterocycles. The number of carbonyl (C=O) groups excluding carboxylic acids is 1. The number of benzene rings is 2. The largest absolute Gasteiger partial charge is 0.339 e. The van der Waals surface area contributed by atoms with Crippen LogP contribution >= 0.6 is 0 Å². The van der Waals surface area contributed by atoms with Crippen LogP contribution in [0.15, 0.2) is 54.6 Å². The molecular weight excluding hydrogens is 352 g/mol. The van der Waals surface area contributed by atoms with E-state index in [1.165, 1.54) is 11.1 Å². The van der Waals surface area contributed by atoms with E-state index in [0.717, 1.165) is 31.1 Å². The third-order valence-corrected chi connectivity index (χ3v) is 5.08. The normalized spacial score (nSPS) is 14.3. The molecule has 1 aliphatic heterocycles. The number of nitrogens with zero attached hydrogens (tertiary/aromatic N) is 6. The lowest BCUT2D eigenvalue weighted by atomic mass is 10.1. The van der Waals surface area contributed by atoms with Gasteiger partial charge in [-0.25, -0.2) is 0 Å². The Morgan fingerprint density at radius 3 is 2.54 bits per heavy atom. The molecule has 0 saturated carbocycles. The van der Waals surface area contributed by atoms with Gasteiger partial charge >= 0.3 is 0 Å². The zero-order chi connectivity index (χ0) is 19.3. The summed E-state index contributed by atoms with van der Waals surface area (Å²) in [5.74, 6) is 0.932. The van der Waals surface area contributed by atoms with Crippen molar-refractivity contribution >= 4 is 11.9 Å². The molecule has 1 aromatic heterocycles. The van der Waals surface area contributed by atoms with Crippen molar-refractivity contribution in [3.05, 3.63) is 65.7 Å². The van der Waals surface area contributed by atoms with Crippen LogP contribution in [0.2, 0.25) is 0 Å². The minimum atomic E-state index is 0.212. The van der Waals surface area contributed by atoms with E-state index < -0.39 is 0 Å². The van der Waals surface area contributed by atoms with Crippen molar-refractivity contribution in [2.45, 2.75) is 19.8 Å². The fourth-order valence-electron chi connectivity index (χ4n) is 3.55. The SMILES string of the molecule is Cc1cccc(CCC(=O)N2CCN(c3nnnn3-c3ccccc3)CC2)c1. The van der Waals surface area contributed by atoms with E-state index in [2.05, 4.69) is 45.5 Å². The molecular formula is C21H24N6O. The topological polar surface area (TPSA) is 67.2 Å². The van der Waals surface area contributed by atoms with Crippen molar-refractivity contribution in [2.75, 3.05) is 31.1 Å². The summed E-state index contributed by atoms with van der Waals surface area (Å²) in [6, 6.07) is 18.2. The lowest BCUT2D eigenvalue weighted by Gasteiger charge is -2.34. The first kappa shape index (κ1) is 18.2. The van der Waals surface area contributed by atoms with Crippen molar-refractivity contribution in [3.63, 3.8) is 0 Å². The van der Waals surface area contributed by atoms with Gasteiger partial charge in [-0.1, -0.05) is 53.1 Å². The third-order valence-electron chi connectivity index (χ3n) is 5.08. The number of rotatable bonds is 5. The Morgan fingerprint density at radius 1 is 1.00 bits per heavy atom. The van der Waals surface area contributed by atoms with Crippen molar-refractivity contribution < 1.29 is 4.79 Å². The third kappa shape index (κ3) is 4.03. The molecule has 144 valence electrons. The molecule has 0 bridgehead atoms. The number of para-hydroxylation sites is 1. The highest BCUT2D eigenvalue weighted by molar-refractivity contribution is 5.76. The Hall–Kier alpha value is -3.22. The molecule has 0 unspecified atom stereocenters. The summed E-state index contributed by atoms with van der Waals surface area (Å²) in [6.07, 6.45) is 1.33. The fourth-order valence-corrected chi connectivity index (χ4v) is 3.55. The standard InChI is InChI=1S/C21H24N6O/c1-17-6-5-7-18(16-17)10-11-20(28)25-12-14-26(15-13-25)21-22-23-24-27(21)19-8-3-2-4-9-19/h2-9,16H,10-15H2,1H3. The first-order valence-corrected chi connectivity index (χ1v) is 9.63. The maximum Gasteiger partial charge on any atom is 0.250 e. The average molecular weight is 376 g/mol. The Kier molecular flexibility index (Phi) is 5.32. The van der Waals surface area contributed by atoms with Gasteiger partial charge in [0.1, 0.15) is 0 Å². The first-order chi connectivity index (χ1) is 13.7. The maximum absolute atomic E-state index is 12.6. The lowest BCUT2D eigenvalue weighted by molar-refractivity contribution is -0.131. The Morgan fingerprint density at radius 2 is 1.79 bits per heavy atom. The summed E-state index contributed by atoms with van der Waals surface area (Å²) < 4.78 is 1.75. The lowest BCUT2D eigenvalue weighted by Crippen LogP contribution is -2.49. The fraction of sp³-hybridized carbons (Fsp3) is 0.333. The van der Waals surface area contributed by atoms with Crippen LogP contribution in [0.1, 0.15) is 17.5 Å². The van der Waals surface area contributed by atoms with Crippen LogP contribution in [0.25, 0.3) is 5.69 Å². The number of hydrogen-bond acceptors (Lipinski definition) is 5. The van der Waals surface area contributed by atoms with E-state index in [-0.39, 0.29) is 5.91 Å². The van der Waals surface area contributed by atoms with Gasteiger partial charge in [0.05, 0.1) is 5.69 Å². The molecule has 3 aromatic rings. The Balaban J connectivity index is 1.34. The van der Waals surface area contributed by atoms with Crippen molar-refractivity contribution in [3.8, 4) is 5.69 Å². The van der Waals surface area contributed by atoms with Crippen LogP contribution in [-0.4, -0.2) is 57.2 Å². The molecule has 4 rings (SSSR count). The van der Waals surface area contributed by atoms with Crippen LogP contribution in [0.5, 0.6) is 0 Å². The molecule has 7 nitrogen and oxygen atoms in total. The second kappa shape index (κ2) is 8.21. The number of tetrazole rings is 1. The van der Waals surface area contributed by atoms with Gasteiger partial charge < -0.3 is 9.80 Å². The maximum atomic E-state index is 12.6. The minimum absolute atomic E-state index is 0.212. The number of amides is 1. The average Bonchev–Trinajstić information content (AvgIpc) is 3.23. The highest BCUT2D eigenvalue weighted by Crippen LogP contribution is 2.17. The Bertz CT molecular complexity index is 931. The van der Waals surface area contributed by atoms with Crippen LogP contribution in [-0.2, 0) is 11.2 Å². The monoisotopic (exact) mass is 376 g/mol. The van der Waals surface area contributed by atoms with Crippen molar-refractivity contribution in [1.82, 2.24) is 25.1 Å². The van der Waals surface area contributed by atoms with Gasteiger partial charge in [0.2, 0.25) is 11.9 Å². The quantitative estimate of drug-likeness (QED) is 0.683. The number of carbonyl (C=O) groups is 1. The first-order valence-electron chi connectivity index (χ1n) is 9.63. The predicted octanol–water partition coefficient (Wildman–Crippen LogP) is 2.25. The van der Waals surface area contributed by atoms with E-state index in [0.29, 0.717) is 19.5 Å². The molecule has 28 heavy (non-hydrogen) atoms. The number of anilines is 1. The molecule has 0 spiro atoms. The second-order valence-electron chi connectivity index (χ2n) is 7.08. The van der Waals surface area contributed by atoms with Gasteiger partial charge in [0.15, 0.2) is 0 Å². The highest BCUT2D eigenvalue weighted by Gasteiger charge is 2.24. The van der Waals surface area contributed by atoms with E-state index in [9.17, 15) is 4.79 Å². The van der Waals surface area contributed by atoms with E-state index in [1.807, 2.05) is 41.3 Å².